The minimum Gasteiger partial charge on any atom is -0.436 e. The molecule has 176 valence electrons. The average molecular weight is 480 g/mol. The van der Waals surface area contributed by atoms with E-state index in [-0.39, 0.29) is 17.5 Å². The number of amides is 1. The van der Waals surface area contributed by atoms with Crippen molar-refractivity contribution < 1.29 is 9.21 Å². The molecule has 2 heterocycles. The second kappa shape index (κ2) is 9.44. The van der Waals surface area contributed by atoms with Crippen molar-refractivity contribution in [3.63, 3.8) is 0 Å². The van der Waals surface area contributed by atoms with Crippen molar-refractivity contribution in [2.75, 3.05) is 4.90 Å². The number of carbonyl (C=O) groups is 1. The maximum absolute atomic E-state index is 13.7. The predicted molar refractivity (Wildman–Crippen MR) is 145 cm³/mol. The lowest BCUT2D eigenvalue weighted by molar-refractivity contribution is -0.112. The molecule has 0 radical (unpaired) electrons. The summed E-state index contributed by atoms with van der Waals surface area (Å²) in [6, 6.07) is 39.0. The fourth-order valence-corrected chi connectivity index (χ4v) is 4.67. The molecule has 0 bridgehead atoms. The van der Waals surface area contributed by atoms with E-state index in [1.807, 2.05) is 115 Å². The van der Waals surface area contributed by atoms with Crippen LogP contribution in [0.3, 0.4) is 0 Å². The molecule has 1 aliphatic heterocycles. The van der Waals surface area contributed by atoms with Gasteiger partial charge in [0, 0.05) is 16.7 Å². The van der Waals surface area contributed by atoms with Crippen LogP contribution in [0.5, 0.6) is 0 Å². The molecule has 0 atom stereocenters. The van der Waals surface area contributed by atoms with Gasteiger partial charge in [0.1, 0.15) is 23.1 Å². The number of nitriles is 1. The van der Waals surface area contributed by atoms with E-state index in [1.165, 1.54) is 0 Å². The van der Waals surface area contributed by atoms with Crippen LogP contribution in [-0.2, 0) is 11.3 Å². The third-order valence-electron chi connectivity index (χ3n) is 6.39. The molecule has 1 aromatic heterocycles. The van der Waals surface area contributed by atoms with Crippen LogP contribution in [0.15, 0.2) is 125 Å². The number of aliphatic imine (C=N–C) groups is 1. The van der Waals surface area contributed by atoms with Gasteiger partial charge < -0.3 is 9.32 Å². The summed E-state index contributed by atoms with van der Waals surface area (Å²) in [5.41, 5.74) is 5.40. The van der Waals surface area contributed by atoms with Crippen molar-refractivity contribution in [1.82, 2.24) is 0 Å². The van der Waals surface area contributed by atoms with Crippen molar-refractivity contribution in [1.29, 1.82) is 5.26 Å². The Bertz CT molecular complexity index is 1660. The summed E-state index contributed by atoms with van der Waals surface area (Å²) < 4.78 is 6.28. The lowest BCUT2D eigenvalue weighted by atomic mass is 9.98. The number of hydrogen-bond donors (Lipinski definition) is 0. The third kappa shape index (κ3) is 4.01. The van der Waals surface area contributed by atoms with Crippen molar-refractivity contribution >= 4 is 23.2 Å². The lowest BCUT2D eigenvalue weighted by Gasteiger charge is -2.16. The molecule has 1 amide bonds. The summed E-state index contributed by atoms with van der Waals surface area (Å²) >= 11 is 0. The zero-order valence-corrected chi connectivity index (χ0v) is 19.8. The Balaban J connectivity index is 1.52. The SMILES string of the molecule is N#Cc1c(N=C2C(=O)N(Cc3ccccc3)c3ccccc32)oc(-c2ccccc2)c1-c1ccccc1. The van der Waals surface area contributed by atoms with E-state index >= 15 is 0 Å². The molecule has 0 saturated heterocycles. The maximum Gasteiger partial charge on any atom is 0.278 e. The highest BCUT2D eigenvalue weighted by Crippen LogP contribution is 2.43. The summed E-state index contributed by atoms with van der Waals surface area (Å²) in [6.07, 6.45) is 0. The fourth-order valence-electron chi connectivity index (χ4n) is 4.67. The second-order valence-electron chi connectivity index (χ2n) is 8.68. The molecular formula is C32H21N3O2. The fraction of sp³-hybridized carbons (Fsp3) is 0.0312. The van der Waals surface area contributed by atoms with Crippen LogP contribution < -0.4 is 4.90 Å². The summed E-state index contributed by atoms with van der Waals surface area (Å²) in [5, 5.41) is 10.2. The molecule has 0 spiro atoms. The number of nitrogens with zero attached hydrogens (tertiary/aromatic N) is 3. The Kier molecular flexibility index (Phi) is 5.68. The number of carbonyl (C=O) groups excluding carboxylic acids is 1. The number of anilines is 1. The number of furan rings is 1. The van der Waals surface area contributed by atoms with Crippen LogP contribution >= 0.6 is 0 Å². The summed E-state index contributed by atoms with van der Waals surface area (Å²) in [4.78, 5) is 20.1. The number of fused-ring (bicyclic) bond motifs is 1. The standard InChI is InChI=1S/C32H21N3O2/c33-20-26-28(23-14-6-2-7-15-23)30(24-16-8-3-9-17-24)37-31(26)34-29-25-18-10-11-19-27(25)35(32(29)36)21-22-12-4-1-5-13-22/h1-19H,21H2. The van der Waals surface area contributed by atoms with Gasteiger partial charge in [-0.3, -0.25) is 4.79 Å². The van der Waals surface area contributed by atoms with E-state index in [2.05, 4.69) is 6.07 Å². The van der Waals surface area contributed by atoms with Gasteiger partial charge in [-0.25, -0.2) is 4.99 Å². The van der Waals surface area contributed by atoms with Gasteiger partial charge in [-0.05, 0) is 17.2 Å². The van der Waals surface area contributed by atoms with Crippen molar-refractivity contribution in [3.05, 3.63) is 132 Å². The molecule has 5 heteroatoms. The van der Waals surface area contributed by atoms with E-state index in [9.17, 15) is 10.1 Å². The Labute approximate surface area is 214 Å². The molecule has 0 aliphatic carbocycles. The first kappa shape index (κ1) is 22.3. The summed E-state index contributed by atoms with van der Waals surface area (Å²) in [5.74, 6) is 0.440. The molecule has 0 fully saturated rings. The first-order valence-electron chi connectivity index (χ1n) is 12.0. The smallest absolute Gasteiger partial charge is 0.278 e. The van der Waals surface area contributed by atoms with Crippen LogP contribution in [0.2, 0.25) is 0 Å². The van der Waals surface area contributed by atoms with Gasteiger partial charge in [0.2, 0.25) is 5.88 Å². The monoisotopic (exact) mass is 479 g/mol. The molecule has 37 heavy (non-hydrogen) atoms. The van der Waals surface area contributed by atoms with Gasteiger partial charge in [-0.1, -0.05) is 109 Å². The van der Waals surface area contributed by atoms with Gasteiger partial charge in [-0.2, -0.15) is 5.26 Å². The van der Waals surface area contributed by atoms with Crippen LogP contribution in [0.25, 0.3) is 22.5 Å². The maximum atomic E-state index is 13.7. The molecule has 5 aromatic rings. The highest BCUT2D eigenvalue weighted by molar-refractivity contribution is 6.54. The van der Waals surface area contributed by atoms with Crippen molar-refractivity contribution in [2.24, 2.45) is 4.99 Å². The van der Waals surface area contributed by atoms with Gasteiger partial charge in [-0.15, -0.1) is 0 Å². The number of rotatable bonds is 5. The molecular weight excluding hydrogens is 458 g/mol. The molecule has 6 rings (SSSR count). The lowest BCUT2D eigenvalue weighted by Crippen LogP contribution is -2.29. The van der Waals surface area contributed by atoms with Gasteiger partial charge in [0.15, 0.2) is 0 Å². The highest BCUT2D eigenvalue weighted by Gasteiger charge is 2.35. The van der Waals surface area contributed by atoms with E-state index in [1.54, 1.807) is 4.90 Å². The highest BCUT2D eigenvalue weighted by atomic mass is 16.4. The Morgan fingerprint density at radius 1 is 0.757 bits per heavy atom. The Hall–Kier alpha value is -5.21. The van der Waals surface area contributed by atoms with Gasteiger partial charge in [0.05, 0.1) is 12.2 Å². The largest absolute Gasteiger partial charge is 0.436 e. The van der Waals surface area contributed by atoms with Gasteiger partial charge >= 0.3 is 0 Å². The number of benzene rings is 4. The third-order valence-corrected chi connectivity index (χ3v) is 6.39. The van der Waals surface area contributed by atoms with E-state index in [0.717, 1.165) is 22.4 Å². The first-order chi connectivity index (χ1) is 18.2. The normalized spacial score (nSPS) is 13.5. The molecule has 0 N–H and O–H groups in total. The van der Waals surface area contributed by atoms with E-state index < -0.39 is 0 Å². The van der Waals surface area contributed by atoms with Crippen molar-refractivity contribution in [2.45, 2.75) is 6.54 Å². The molecule has 0 unspecified atom stereocenters. The number of para-hydroxylation sites is 1. The van der Waals surface area contributed by atoms with E-state index in [4.69, 9.17) is 9.41 Å². The quantitative estimate of drug-likeness (QED) is 0.269. The minimum absolute atomic E-state index is 0.125. The average Bonchev–Trinajstić information content (AvgIpc) is 3.46. The number of hydrogen-bond acceptors (Lipinski definition) is 4. The summed E-state index contributed by atoms with van der Waals surface area (Å²) in [7, 11) is 0. The summed E-state index contributed by atoms with van der Waals surface area (Å²) in [6.45, 7) is 0.420. The van der Waals surface area contributed by atoms with Crippen LogP contribution in [0.4, 0.5) is 11.6 Å². The van der Waals surface area contributed by atoms with Crippen molar-refractivity contribution in [3.8, 4) is 28.5 Å². The topological polar surface area (TPSA) is 69.6 Å². The van der Waals surface area contributed by atoms with Crippen LogP contribution in [-0.4, -0.2) is 11.6 Å². The zero-order chi connectivity index (χ0) is 25.2. The Morgan fingerprint density at radius 2 is 1.35 bits per heavy atom. The van der Waals surface area contributed by atoms with Crippen LogP contribution in [0, 0.1) is 11.3 Å². The molecule has 1 aliphatic rings. The first-order valence-corrected chi connectivity index (χ1v) is 12.0. The zero-order valence-electron chi connectivity index (χ0n) is 19.8. The minimum atomic E-state index is -0.229. The molecule has 0 saturated carbocycles. The Morgan fingerprint density at radius 3 is 2.03 bits per heavy atom. The van der Waals surface area contributed by atoms with Crippen LogP contribution in [0.1, 0.15) is 16.7 Å². The van der Waals surface area contributed by atoms with E-state index in [0.29, 0.717) is 29.0 Å². The molecule has 5 nitrogen and oxygen atoms in total. The molecule has 4 aromatic carbocycles. The second-order valence-corrected chi connectivity index (χ2v) is 8.68. The predicted octanol–water partition coefficient (Wildman–Crippen LogP) is 7.15. The van der Waals surface area contributed by atoms with Gasteiger partial charge in [0.25, 0.3) is 5.91 Å².